The van der Waals surface area contributed by atoms with Gasteiger partial charge >= 0.3 is 0 Å². The van der Waals surface area contributed by atoms with Gasteiger partial charge in [-0.3, -0.25) is 4.79 Å². The fourth-order valence-electron chi connectivity index (χ4n) is 4.80. The maximum Gasteiger partial charge on any atom is 0.260 e. The van der Waals surface area contributed by atoms with Crippen LogP contribution < -0.4 is 0 Å². The van der Waals surface area contributed by atoms with Crippen molar-refractivity contribution < 1.29 is 9.90 Å². The summed E-state index contributed by atoms with van der Waals surface area (Å²) in [5.41, 5.74) is 1.23. The third-order valence-corrected chi connectivity index (χ3v) is 6.48. The predicted molar refractivity (Wildman–Crippen MR) is 123 cm³/mol. The SMILES string of the molecule is CN1CCC(O)(c2cn(C(c3ccccc3)(c3ccccc3)c3ccccc3)cn2)C1=O. The Hall–Kier alpha value is -3.70. The molecule has 0 saturated carbocycles. The van der Waals surface area contributed by atoms with Crippen molar-refractivity contribution in [3.63, 3.8) is 0 Å². The van der Waals surface area contributed by atoms with Gasteiger partial charge in [0.2, 0.25) is 0 Å². The minimum absolute atomic E-state index is 0.313. The average molecular weight is 424 g/mol. The van der Waals surface area contributed by atoms with Gasteiger partial charge in [-0.1, -0.05) is 91.0 Å². The summed E-state index contributed by atoms with van der Waals surface area (Å²) in [7, 11) is 1.71. The van der Waals surface area contributed by atoms with E-state index >= 15 is 0 Å². The number of imidazole rings is 1. The number of benzene rings is 3. The largest absolute Gasteiger partial charge is 0.374 e. The van der Waals surface area contributed by atoms with Gasteiger partial charge in [0.1, 0.15) is 5.54 Å². The Morgan fingerprint density at radius 3 is 1.72 bits per heavy atom. The summed E-state index contributed by atoms with van der Waals surface area (Å²) in [6.07, 6.45) is 3.88. The van der Waals surface area contributed by atoms with E-state index in [2.05, 4.69) is 41.4 Å². The zero-order chi connectivity index (χ0) is 22.2. The van der Waals surface area contributed by atoms with E-state index in [9.17, 15) is 9.90 Å². The highest BCUT2D eigenvalue weighted by Gasteiger charge is 2.48. The van der Waals surface area contributed by atoms with E-state index in [0.29, 0.717) is 18.7 Å². The molecule has 5 heteroatoms. The quantitative estimate of drug-likeness (QED) is 0.497. The van der Waals surface area contributed by atoms with Crippen LogP contribution in [0.4, 0.5) is 0 Å². The summed E-state index contributed by atoms with van der Waals surface area (Å²) in [6.45, 7) is 0.503. The summed E-state index contributed by atoms with van der Waals surface area (Å²) < 4.78 is 2.02. The number of likely N-dealkylation sites (tertiary alicyclic amines) is 1. The molecular formula is C27H25N3O2. The van der Waals surface area contributed by atoms with Crippen LogP contribution in [0.1, 0.15) is 28.8 Å². The molecule has 1 fully saturated rings. The molecule has 3 aromatic carbocycles. The van der Waals surface area contributed by atoms with Gasteiger partial charge in [0, 0.05) is 26.2 Å². The van der Waals surface area contributed by atoms with Gasteiger partial charge in [-0.15, -0.1) is 0 Å². The molecule has 5 rings (SSSR count). The topological polar surface area (TPSA) is 58.4 Å². The highest BCUT2D eigenvalue weighted by atomic mass is 16.3. The van der Waals surface area contributed by atoms with Crippen molar-refractivity contribution in [2.75, 3.05) is 13.6 Å². The summed E-state index contributed by atoms with van der Waals surface area (Å²) in [4.78, 5) is 18.8. The minimum atomic E-state index is -1.60. The molecule has 160 valence electrons. The van der Waals surface area contributed by atoms with E-state index in [-0.39, 0.29) is 5.91 Å². The van der Waals surface area contributed by atoms with Crippen molar-refractivity contribution in [3.8, 4) is 0 Å². The summed E-state index contributed by atoms with van der Waals surface area (Å²) >= 11 is 0. The first kappa shape index (κ1) is 20.2. The molecule has 0 spiro atoms. The first-order chi connectivity index (χ1) is 15.6. The fourth-order valence-corrected chi connectivity index (χ4v) is 4.80. The van der Waals surface area contributed by atoms with Crippen LogP contribution >= 0.6 is 0 Å². The van der Waals surface area contributed by atoms with Crippen molar-refractivity contribution in [2.24, 2.45) is 0 Å². The van der Waals surface area contributed by atoms with Gasteiger partial charge in [-0.25, -0.2) is 4.98 Å². The molecule has 1 aliphatic heterocycles. The Bertz CT molecular complexity index is 1120. The number of carbonyl (C=O) groups excluding carboxylic acids is 1. The van der Waals surface area contributed by atoms with Crippen LogP contribution in [0.2, 0.25) is 0 Å². The van der Waals surface area contributed by atoms with Gasteiger partial charge in [0.15, 0.2) is 5.60 Å². The average Bonchev–Trinajstić information content (AvgIpc) is 3.44. The molecular weight excluding hydrogens is 398 g/mol. The number of hydrogen-bond acceptors (Lipinski definition) is 3. The molecule has 1 unspecified atom stereocenters. The number of hydrogen-bond donors (Lipinski definition) is 1. The monoisotopic (exact) mass is 423 g/mol. The molecule has 1 saturated heterocycles. The van der Waals surface area contributed by atoms with Gasteiger partial charge in [0.25, 0.3) is 5.91 Å². The standard InChI is InChI=1S/C27H25N3O2/c1-29-18-17-26(32,25(29)31)24-19-30(20-28-24)27(21-11-5-2-6-12-21,22-13-7-3-8-14-22)23-15-9-4-10-16-23/h2-16,19-20,32H,17-18H2,1H3. The number of carbonyl (C=O) groups is 1. The number of likely N-dealkylation sites (N-methyl/N-ethyl adjacent to an activating group) is 1. The minimum Gasteiger partial charge on any atom is -0.374 e. The number of aliphatic hydroxyl groups is 1. The lowest BCUT2D eigenvalue weighted by Crippen LogP contribution is -2.38. The first-order valence-corrected chi connectivity index (χ1v) is 10.8. The lowest BCUT2D eigenvalue weighted by molar-refractivity contribution is -0.143. The molecule has 0 radical (unpaired) electrons. The van der Waals surface area contributed by atoms with Crippen molar-refractivity contribution >= 4 is 5.91 Å². The van der Waals surface area contributed by atoms with Gasteiger partial charge in [0.05, 0.1) is 12.0 Å². The zero-order valence-corrected chi connectivity index (χ0v) is 17.9. The highest BCUT2D eigenvalue weighted by Crippen LogP contribution is 2.42. The molecule has 0 aliphatic carbocycles. The molecule has 5 nitrogen and oxygen atoms in total. The maximum absolute atomic E-state index is 12.7. The van der Waals surface area contributed by atoms with E-state index in [4.69, 9.17) is 0 Å². The van der Waals surface area contributed by atoms with Crippen molar-refractivity contribution in [2.45, 2.75) is 17.6 Å². The molecule has 1 atom stereocenters. The molecule has 32 heavy (non-hydrogen) atoms. The van der Waals surface area contributed by atoms with E-state index in [1.54, 1.807) is 18.3 Å². The second-order valence-electron chi connectivity index (χ2n) is 8.31. The predicted octanol–water partition coefficient (Wildman–Crippen LogP) is 3.77. The summed E-state index contributed by atoms with van der Waals surface area (Å²) in [5, 5.41) is 11.2. The summed E-state index contributed by atoms with van der Waals surface area (Å²) in [5.74, 6) is -0.313. The smallest absolute Gasteiger partial charge is 0.260 e. The maximum atomic E-state index is 12.7. The molecule has 1 aliphatic rings. The van der Waals surface area contributed by atoms with Crippen LogP contribution in [-0.4, -0.2) is 39.1 Å². The van der Waals surface area contributed by atoms with Crippen molar-refractivity contribution in [1.29, 1.82) is 0 Å². The highest BCUT2D eigenvalue weighted by molar-refractivity contribution is 5.87. The Morgan fingerprint density at radius 1 is 0.844 bits per heavy atom. The zero-order valence-electron chi connectivity index (χ0n) is 17.9. The normalized spacial score (nSPS) is 18.8. The molecule has 0 bridgehead atoms. The Kier molecular flexibility index (Phi) is 4.91. The molecule has 1 N–H and O–H groups in total. The van der Waals surface area contributed by atoms with E-state index in [0.717, 1.165) is 16.7 Å². The third-order valence-electron chi connectivity index (χ3n) is 6.48. The Labute approximate surface area is 187 Å². The van der Waals surface area contributed by atoms with Crippen LogP contribution in [0.15, 0.2) is 104 Å². The number of amides is 1. The lowest BCUT2D eigenvalue weighted by Gasteiger charge is -2.37. The van der Waals surface area contributed by atoms with Gasteiger partial charge in [-0.2, -0.15) is 0 Å². The first-order valence-electron chi connectivity index (χ1n) is 10.8. The number of rotatable bonds is 5. The fraction of sp³-hybridized carbons (Fsp3) is 0.185. The number of nitrogens with zero attached hydrogens (tertiary/aromatic N) is 3. The van der Waals surface area contributed by atoms with Crippen molar-refractivity contribution in [3.05, 3.63) is 126 Å². The van der Waals surface area contributed by atoms with Crippen LogP contribution in [0.3, 0.4) is 0 Å². The van der Waals surface area contributed by atoms with Crippen LogP contribution in [0.5, 0.6) is 0 Å². The third kappa shape index (κ3) is 2.97. The molecule has 1 amide bonds. The van der Waals surface area contributed by atoms with Crippen LogP contribution in [0.25, 0.3) is 0 Å². The van der Waals surface area contributed by atoms with Crippen molar-refractivity contribution in [1.82, 2.24) is 14.5 Å². The molecule has 1 aromatic heterocycles. The number of aromatic nitrogens is 2. The second kappa shape index (κ2) is 7.77. The van der Waals surface area contributed by atoms with E-state index in [1.165, 1.54) is 0 Å². The van der Waals surface area contributed by atoms with Crippen LogP contribution in [0, 0.1) is 0 Å². The Morgan fingerprint density at radius 2 is 1.31 bits per heavy atom. The van der Waals surface area contributed by atoms with Crippen LogP contribution in [-0.2, 0) is 15.9 Å². The Balaban J connectivity index is 1.79. The van der Waals surface area contributed by atoms with E-state index in [1.807, 2.05) is 65.4 Å². The molecule has 2 heterocycles. The summed E-state index contributed by atoms with van der Waals surface area (Å²) in [6, 6.07) is 30.7. The lowest BCUT2D eigenvalue weighted by atomic mass is 9.76. The van der Waals surface area contributed by atoms with Gasteiger partial charge in [-0.05, 0) is 16.7 Å². The molecule has 4 aromatic rings. The second-order valence-corrected chi connectivity index (χ2v) is 8.31. The van der Waals surface area contributed by atoms with E-state index < -0.39 is 11.1 Å². The van der Waals surface area contributed by atoms with Gasteiger partial charge < -0.3 is 14.6 Å².